The van der Waals surface area contributed by atoms with Crippen LogP contribution < -0.4 is 10.6 Å². The smallest absolute Gasteiger partial charge is 0.251 e. The maximum Gasteiger partial charge on any atom is 0.251 e. The van der Waals surface area contributed by atoms with E-state index in [1.54, 1.807) is 28.8 Å². The standard InChI is InChI=1S/C17H18N6OS/c1-25-14-5-3-13(4-6-14)17(24)19-11-10-18-15-7-8-16(22-21-15)23-12-2-9-20-23/h2-9,12H,10-11H2,1H3,(H,18,21)(H,19,24). The normalized spacial score (nSPS) is 10.4. The lowest BCUT2D eigenvalue weighted by molar-refractivity contribution is 0.0955. The summed E-state index contributed by atoms with van der Waals surface area (Å²) >= 11 is 1.65. The van der Waals surface area contributed by atoms with Gasteiger partial charge in [-0.1, -0.05) is 0 Å². The molecule has 0 radical (unpaired) electrons. The molecule has 3 rings (SSSR count). The lowest BCUT2D eigenvalue weighted by Gasteiger charge is -2.08. The van der Waals surface area contributed by atoms with Crippen LogP contribution in [0.4, 0.5) is 5.82 Å². The van der Waals surface area contributed by atoms with Crippen molar-refractivity contribution in [2.24, 2.45) is 0 Å². The highest BCUT2D eigenvalue weighted by Gasteiger charge is 2.05. The Kier molecular flexibility index (Phi) is 5.63. The molecule has 0 aliphatic heterocycles. The van der Waals surface area contributed by atoms with E-state index in [9.17, 15) is 4.79 Å². The second kappa shape index (κ2) is 8.29. The van der Waals surface area contributed by atoms with Gasteiger partial charge in [-0.2, -0.15) is 5.10 Å². The van der Waals surface area contributed by atoms with Crippen molar-refractivity contribution in [1.82, 2.24) is 25.3 Å². The summed E-state index contributed by atoms with van der Waals surface area (Å²) in [5, 5.41) is 18.3. The molecule has 7 nitrogen and oxygen atoms in total. The molecule has 2 N–H and O–H groups in total. The molecule has 128 valence electrons. The third-order valence-electron chi connectivity index (χ3n) is 3.46. The molecule has 0 aliphatic rings. The van der Waals surface area contributed by atoms with Gasteiger partial charge in [0.15, 0.2) is 5.82 Å². The highest BCUT2D eigenvalue weighted by atomic mass is 32.2. The van der Waals surface area contributed by atoms with Crippen LogP contribution in [-0.4, -0.2) is 45.2 Å². The Labute approximate surface area is 149 Å². The number of rotatable bonds is 7. The first kappa shape index (κ1) is 17.0. The number of benzene rings is 1. The first-order chi connectivity index (χ1) is 12.3. The van der Waals surface area contributed by atoms with Crippen molar-refractivity contribution in [1.29, 1.82) is 0 Å². The maximum atomic E-state index is 12.0. The molecule has 0 saturated carbocycles. The SMILES string of the molecule is CSc1ccc(C(=O)NCCNc2ccc(-n3cccn3)nn2)cc1. The van der Waals surface area contributed by atoms with Gasteiger partial charge in [0, 0.05) is 35.9 Å². The predicted octanol–water partition coefficient (Wildman–Crippen LogP) is 2.23. The van der Waals surface area contributed by atoms with Gasteiger partial charge in [0.2, 0.25) is 0 Å². The molecular weight excluding hydrogens is 336 g/mol. The zero-order valence-electron chi connectivity index (χ0n) is 13.7. The van der Waals surface area contributed by atoms with E-state index in [0.29, 0.717) is 30.3 Å². The zero-order chi connectivity index (χ0) is 17.5. The van der Waals surface area contributed by atoms with E-state index in [-0.39, 0.29) is 5.91 Å². The topological polar surface area (TPSA) is 84.7 Å². The molecule has 8 heteroatoms. The van der Waals surface area contributed by atoms with E-state index in [1.165, 1.54) is 0 Å². The van der Waals surface area contributed by atoms with Gasteiger partial charge in [0.1, 0.15) is 5.82 Å². The van der Waals surface area contributed by atoms with Crippen LogP contribution in [0.1, 0.15) is 10.4 Å². The van der Waals surface area contributed by atoms with E-state index >= 15 is 0 Å². The number of anilines is 1. The van der Waals surface area contributed by atoms with E-state index in [1.807, 2.05) is 48.7 Å². The second-order valence-corrected chi connectivity index (χ2v) is 6.02. The molecule has 25 heavy (non-hydrogen) atoms. The molecule has 0 saturated heterocycles. The number of carbonyl (C=O) groups is 1. The first-order valence-electron chi connectivity index (χ1n) is 7.76. The molecule has 1 amide bonds. The minimum absolute atomic E-state index is 0.0884. The van der Waals surface area contributed by atoms with Crippen molar-refractivity contribution in [3.05, 3.63) is 60.4 Å². The number of thioether (sulfide) groups is 1. The average Bonchev–Trinajstić information content (AvgIpc) is 3.20. The molecule has 0 bridgehead atoms. The van der Waals surface area contributed by atoms with Gasteiger partial charge in [0.05, 0.1) is 0 Å². The largest absolute Gasteiger partial charge is 0.367 e. The molecule has 3 aromatic rings. The maximum absolute atomic E-state index is 12.0. The van der Waals surface area contributed by atoms with Crippen molar-refractivity contribution in [3.8, 4) is 5.82 Å². The Morgan fingerprint density at radius 3 is 2.60 bits per heavy atom. The van der Waals surface area contributed by atoms with Crippen molar-refractivity contribution < 1.29 is 4.79 Å². The van der Waals surface area contributed by atoms with Crippen LogP contribution in [0.15, 0.2) is 59.8 Å². The molecule has 1 aromatic carbocycles. The Morgan fingerprint density at radius 2 is 1.96 bits per heavy atom. The van der Waals surface area contributed by atoms with E-state index in [0.717, 1.165) is 4.90 Å². The summed E-state index contributed by atoms with van der Waals surface area (Å²) in [6.07, 6.45) is 5.49. The Balaban J connectivity index is 1.44. The monoisotopic (exact) mass is 354 g/mol. The second-order valence-electron chi connectivity index (χ2n) is 5.14. The molecule has 2 heterocycles. The van der Waals surface area contributed by atoms with Gasteiger partial charge in [-0.15, -0.1) is 22.0 Å². The van der Waals surface area contributed by atoms with E-state index in [4.69, 9.17) is 0 Å². The van der Waals surface area contributed by atoms with Gasteiger partial charge in [-0.25, -0.2) is 4.68 Å². The van der Waals surface area contributed by atoms with Crippen LogP contribution in [0.5, 0.6) is 0 Å². The summed E-state index contributed by atoms with van der Waals surface area (Å²) in [7, 11) is 0. The summed E-state index contributed by atoms with van der Waals surface area (Å²) in [4.78, 5) is 13.2. The number of aromatic nitrogens is 4. The van der Waals surface area contributed by atoms with Gasteiger partial charge in [-0.3, -0.25) is 4.79 Å². The average molecular weight is 354 g/mol. The van der Waals surface area contributed by atoms with E-state index in [2.05, 4.69) is 25.9 Å². The fraction of sp³-hybridized carbons (Fsp3) is 0.176. The summed E-state index contributed by atoms with van der Waals surface area (Å²) in [6.45, 7) is 1.05. The molecule has 0 unspecified atom stereocenters. The van der Waals surface area contributed by atoms with Crippen LogP contribution in [0.25, 0.3) is 5.82 Å². The molecule has 0 fully saturated rings. The number of hydrogen-bond donors (Lipinski definition) is 2. The highest BCUT2D eigenvalue weighted by molar-refractivity contribution is 7.98. The summed E-state index contributed by atoms with van der Waals surface area (Å²) in [5.41, 5.74) is 0.654. The zero-order valence-corrected chi connectivity index (χ0v) is 14.5. The molecule has 0 aliphatic carbocycles. The van der Waals surface area contributed by atoms with Crippen molar-refractivity contribution >= 4 is 23.5 Å². The number of nitrogens with zero attached hydrogens (tertiary/aromatic N) is 4. The Morgan fingerprint density at radius 1 is 1.12 bits per heavy atom. The van der Waals surface area contributed by atoms with Gasteiger partial charge in [-0.05, 0) is 48.7 Å². The van der Waals surface area contributed by atoms with E-state index < -0.39 is 0 Å². The number of hydrogen-bond acceptors (Lipinski definition) is 6. The summed E-state index contributed by atoms with van der Waals surface area (Å²) in [5.74, 6) is 1.21. The summed E-state index contributed by atoms with van der Waals surface area (Å²) in [6, 6.07) is 13.0. The number of carbonyl (C=O) groups excluding carboxylic acids is 1. The van der Waals surface area contributed by atoms with Crippen LogP contribution in [0, 0.1) is 0 Å². The molecule has 0 atom stereocenters. The summed E-state index contributed by atoms with van der Waals surface area (Å²) < 4.78 is 1.64. The quantitative estimate of drug-likeness (QED) is 0.500. The fourth-order valence-corrected chi connectivity index (χ4v) is 2.57. The van der Waals surface area contributed by atoms with Crippen LogP contribution in [0.2, 0.25) is 0 Å². The minimum Gasteiger partial charge on any atom is -0.367 e. The van der Waals surface area contributed by atoms with Gasteiger partial charge < -0.3 is 10.6 Å². The van der Waals surface area contributed by atoms with Crippen LogP contribution in [0.3, 0.4) is 0 Å². The Bertz CT molecular complexity index is 802. The fourth-order valence-electron chi connectivity index (χ4n) is 2.16. The van der Waals surface area contributed by atoms with Crippen LogP contribution in [-0.2, 0) is 0 Å². The predicted molar refractivity (Wildman–Crippen MR) is 98.2 cm³/mol. The third kappa shape index (κ3) is 4.57. The Hall–Kier alpha value is -2.87. The minimum atomic E-state index is -0.0884. The lowest BCUT2D eigenvalue weighted by Crippen LogP contribution is -2.28. The van der Waals surface area contributed by atoms with Gasteiger partial charge >= 0.3 is 0 Å². The molecule has 0 spiro atoms. The van der Waals surface area contributed by atoms with Crippen molar-refractivity contribution in [3.63, 3.8) is 0 Å². The van der Waals surface area contributed by atoms with Gasteiger partial charge in [0.25, 0.3) is 5.91 Å². The first-order valence-corrected chi connectivity index (χ1v) is 8.98. The van der Waals surface area contributed by atoms with Crippen molar-refractivity contribution in [2.75, 3.05) is 24.7 Å². The number of amides is 1. The molecule has 2 aromatic heterocycles. The number of nitrogens with one attached hydrogen (secondary N) is 2. The molecular formula is C17H18N6OS. The van der Waals surface area contributed by atoms with Crippen LogP contribution >= 0.6 is 11.8 Å². The van der Waals surface area contributed by atoms with Crippen molar-refractivity contribution in [2.45, 2.75) is 4.90 Å². The lowest BCUT2D eigenvalue weighted by atomic mass is 10.2. The highest BCUT2D eigenvalue weighted by Crippen LogP contribution is 2.14. The third-order valence-corrected chi connectivity index (χ3v) is 4.20.